The Kier molecular flexibility index (Phi) is 5.91. The minimum atomic E-state index is -0.0766. The van der Waals surface area contributed by atoms with Gasteiger partial charge in [-0.2, -0.15) is 0 Å². The van der Waals surface area contributed by atoms with Gasteiger partial charge in [-0.1, -0.05) is 19.0 Å². The molecule has 3 heterocycles. The van der Waals surface area contributed by atoms with Gasteiger partial charge in [0.2, 0.25) is 0 Å². The van der Waals surface area contributed by atoms with Crippen molar-refractivity contribution in [2.45, 2.75) is 39.7 Å². The van der Waals surface area contributed by atoms with Gasteiger partial charge in [-0.15, -0.1) is 0 Å². The van der Waals surface area contributed by atoms with Crippen molar-refractivity contribution >= 4 is 17.0 Å². The summed E-state index contributed by atoms with van der Waals surface area (Å²) < 4.78 is 16.0. The van der Waals surface area contributed by atoms with Crippen LogP contribution in [-0.4, -0.2) is 47.3 Å². The molecule has 0 aliphatic rings. The van der Waals surface area contributed by atoms with Gasteiger partial charge in [0.1, 0.15) is 5.69 Å². The summed E-state index contributed by atoms with van der Waals surface area (Å²) in [7, 11) is 1.64. The van der Waals surface area contributed by atoms with Gasteiger partial charge in [-0.25, -0.2) is 4.98 Å². The van der Waals surface area contributed by atoms with E-state index in [1.807, 2.05) is 11.8 Å². The molecular formula is C20H25N3O4. The molecule has 27 heavy (non-hydrogen) atoms. The Balaban J connectivity index is 2.12. The Labute approximate surface area is 158 Å². The molecule has 0 radical (unpaired) electrons. The van der Waals surface area contributed by atoms with Crippen LogP contribution >= 0.6 is 0 Å². The van der Waals surface area contributed by atoms with Crippen molar-refractivity contribution in [2.75, 3.05) is 20.3 Å². The molecule has 0 saturated heterocycles. The number of aromatic nitrogens is 2. The van der Waals surface area contributed by atoms with Gasteiger partial charge in [0.05, 0.1) is 29.5 Å². The standard InChI is InChI=1S/C20H25N3O4/c1-5-14(6-2)23(9-11-25-4)20(24)15-12-16(17-8-7-10-26-17)21-19-18(15)13(3)22-27-19/h7-8,10,12,14H,5-6,9,11H2,1-4H3. The molecule has 3 rings (SSSR count). The molecule has 7 heteroatoms. The highest BCUT2D eigenvalue weighted by molar-refractivity contribution is 6.07. The van der Waals surface area contributed by atoms with Crippen molar-refractivity contribution in [3.05, 3.63) is 35.7 Å². The van der Waals surface area contributed by atoms with Crippen LogP contribution in [0.2, 0.25) is 0 Å². The van der Waals surface area contributed by atoms with Gasteiger partial charge < -0.3 is 18.6 Å². The molecule has 0 bridgehead atoms. The molecule has 144 valence electrons. The van der Waals surface area contributed by atoms with Crippen LogP contribution in [0.3, 0.4) is 0 Å². The monoisotopic (exact) mass is 371 g/mol. The maximum atomic E-state index is 13.5. The molecule has 0 fully saturated rings. The summed E-state index contributed by atoms with van der Waals surface area (Å²) >= 11 is 0. The summed E-state index contributed by atoms with van der Waals surface area (Å²) in [4.78, 5) is 19.9. The minimum absolute atomic E-state index is 0.0766. The lowest BCUT2D eigenvalue weighted by Gasteiger charge is -2.30. The largest absolute Gasteiger partial charge is 0.463 e. The highest BCUT2D eigenvalue weighted by Crippen LogP contribution is 2.29. The predicted molar refractivity (Wildman–Crippen MR) is 102 cm³/mol. The minimum Gasteiger partial charge on any atom is -0.463 e. The molecule has 7 nitrogen and oxygen atoms in total. The molecule has 0 saturated carbocycles. The Bertz CT molecular complexity index is 897. The van der Waals surface area contributed by atoms with Crippen LogP contribution in [0.1, 0.15) is 42.7 Å². The van der Waals surface area contributed by atoms with Crippen LogP contribution in [-0.2, 0) is 4.74 Å². The zero-order valence-electron chi connectivity index (χ0n) is 16.2. The maximum absolute atomic E-state index is 13.5. The second-order valence-corrected chi connectivity index (χ2v) is 6.44. The second kappa shape index (κ2) is 8.35. The lowest BCUT2D eigenvalue weighted by molar-refractivity contribution is 0.0591. The van der Waals surface area contributed by atoms with E-state index in [1.54, 1.807) is 31.6 Å². The number of methoxy groups -OCH3 is 1. The Morgan fingerprint density at radius 3 is 2.74 bits per heavy atom. The molecule has 0 aliphatic heterocycles. The summed E-state index contributed by atoms with van der Waals surface area (Å²) in [6.07, 6.45) is 3.31. The van der Waals surface area contributed by atoms with Crippen LogP contribution in [0.5, 0.6) is 0 Å². The Morgan fingerprint density at radius 2 is 2.11 bits per heavy atom. The zero-order valence-corrected chi connectivity index (χ0v) is 16.2. The van der Waals surface area contributed by atoms with E-state index < -0.39 is 0 Å². The van der Waals surface area contributed by atoms with Gasteiger partial charge in [0, 0.05) is 19.7 Å². The molecule has 1 amide bonds. The number of carbonyl (C=O) groups excluding carboxylic acids is 1. The van der Waals surface area contributed by atoms with Crippen LogP contribution in [0.4, 0.5) is 0 Å². The van der Waals surface area contributed by atoms with Crippen LogP contribution in [0.15, 0.2) is 33.4 Å². The van der Waals surface area contributed by atoms with Crippen molar-refractivity contribution in [2.24, 2.45) is 0 Å². The number of nitrogens with zero attached hydrogens (tertiary/aromatic N) is 3. The molecule has 0 atom stereocenters. The first kappa shape index (κ1) is 19.1. The summed E-state index contributed by atoms with van der Waals surface area (Å²) in [6, 6.07) is 5.47. The van der Waals surface area contributed by atoms with E-state index in [0.29, 0.717) is 47.0 Å². The quantitative estimate of drug-likeness (QED) is 0.594. The molecule has 3 aromatic heterocycles. The van der Waals surface area contributed by atoms with Gasteiger partial charge in [0.15, 0.2) is 5.76 Å². The highest BCUT2D eigenvalue weighted by atomic mass is 16.5. The number of fused-ring (bicyclic) bond motifs is 1. The number of hydrogen-bond acceptors (Lipinski definition) is 6. The average Bonchev–Trinajstić information content (AvgIpc) is 3.34. The number of pyridine rings is 1. The van der Waals surface area contributed by atoms with E-state index >= 15 is 0 Å². The molecular weight excluding hydrogens is 346 g/mol. The van der Waals surface area contributed by atoms with Gasteiger partial charge in [-0.05, 0) is 38.0 Å². The van der Waals surface area contributed by atoms with Crippen molar-refractivity contribution in [3.8, 4) is 11.5 Å². The lowest BCUT2D eigenvalue weighted by atomic mass is 10.0. The van der Waals surface area contributed by atoms with Crippen LogP contribution in [0, 0.1) is 6.92 Å². The first-order valence-corrected chi connectivity index (χ1v) is 9.21. The van der Waals surface area contributed by atoms with Gasteiger partial charge in [-0.3, -0.25) is 4.79 Å². The number of hydrogen-bond donors (Lipinski definition) is 0. The maximum Gasteiger partial charge on any atom is 0.259 e. The zero-order chi connectivity index (χ0) is 19.4. The van der Waals surface area contributed by atoms with Crippen molar-refractivity contribution in [1.82, 2.24) is 15.0 Å². The molecule has 0 spiro atoms. The van der Waals surface area contributed by atoms with E-state index in [0.717, 1.165) is 12.8 Å². The average molecular weight is 371 g/mol. The van der Waals surface area contributed by atoms with E-state index in [4.69, 9.17) is 13.7 Å². The normalized spacial score (nSPS) is 11.4. The second-order valence-electron chi connectivity index (χ2n) is 6.44. The van der Waals surface area contributed by atoms with E-state index in [-0.39, 0.29) is 11.9 Å². The number of carbonyl (C=O) groups is 1. The summed E-state index contributed by atoms with van der Waals surface area (Å²) in [5.74, 6) is 0.498. The Morgan fingerprint density at radius 1 is 1.33 bits per heavy atom. The third-order valence-corrected chi connectivity index (χ3v) is 4.80. The number of rotatable bonds is 8. The molecule has 3 aromatic rings. The van der Waals surface area contributed by atoms with Gasteiger partial charge >= 0.3 is 0 Å². The van der Waals surface area contributed by atoms with Crippen LogP contribution < -0.4 is 0 Å². The van der Waals surface area contributed by atoms with Crippen molar-refractivity contribution < 1.29 is 18.5 Å². The SMILES string of the molecule is CCC(CC)N(CCOC)C(=O)c1cc(-c2ccco2)nc2onc(C)c12. The number of furan rings is 1. The van der Waals surface area contributed by atoms with E-state index in [2.05, 4.69) is 24.0 Å². The summed E-state index contributed by atoms with van der Waals surface area (Å²) in [5.41, 5.74) is 2.04. The van der Waals surface area contributed by atoms with Crippen molar-refractivity contribution in [1.29, 1.82) is 0 Å². The Hall–Kier alpha value is -2.67. The number of aryl methyl sites for hydroxylation is 1. The summed E-state index contributed by atoms with van der Waals surface area (Å²) in [6.45, 7) is 6.98. The summed E-state index contributed by atoms with van der Waals surface area (Å²) in [5, 5.41) is 4.65. The number of ether oxygens (including phenoxy) is 1. The topological polar surface area (TPSA) is 81.6 Å². The first-order valence-electron chi connectivity index (χ1n) is 9.21. The third-order valence-electron chi connectivity index (χ3n) is 4.80. The smallest absolute Gasteiger partial charge is 0.259 e. The lowest BCUT2D eigenvalue weighted by Crippen LogP contribution is -2.42. The van der Waals surface area contributed by atoms with Crippen molar-refractivity contribution in [3.63, 3.8) is 0 Å². The molecule has 0 unspecified atom stereocenters. The fourth-order valence-corrected chi connectivity index (χ4v) is 3.34. The first-order chi connectivity index (χ1) is 13.1. The molecule has 0 aliphatic carbocycles. The van der Waals surface area contributed by atoms with Crippen LogP contribution in [0.25, 0.3) is 22.6 Å². The molecule has 0 aromatic carbocycles. The predicted octanol–water partition coefficient (Wildman–Crippen LogP) is 4.07. The number of amides is 1. The van der Waals surface area contributed by atoms with E-state index in [1.165, 1.54) is 0 Å². The molecule has 0 N–H and O–H groups in total. The third kappa shape index (κ3) is 3.73. The highest BCUT2D eigenvalue weighted by Gasteiger charge is 2.27. The van der Waals surface area contributed by atoms with E-state index in [9.17, 15) is 4.79 Å². The fraction of sp³-hybridized carbons (Fsp3) is 0.450. The fourth-order valence-electron chi connectivity index (χ4n) is 3.34. The van der Waals surface area contributed by atoms with Gasteiger partial charge in [0.25, 0.3) is 11.6 Å².